The molecule has 122 valence electrons. The van der Waals surface area contributed by atoms with Gasteiger partial charge in [-0.3, -0.25) is 4.79 Å². The van der Waals surface area contributed by atoms with Crippen molar-refractivity contribution < 1.29 is 23.5 Å². The summed E-state index contributed by atoms with van der Waals surface area (Å²) >= 11 is 0. The summed E-state index contributed by atoms with van der Waals surface area (Å²) < 4.78 is 15.3. The Morgan fingerprint density at radius 1 is 1.00 bits per heavy atom. The van der Waals surface area contributed by atoms with E-state index in [1.54, 1.807) is 55.6 Å². The number of hydrogen-bond donors (Lipinski definition) is 1. The van der Waals surface area contributed by atoms with Crippen LogP contribution in [0.4, 0.5) is 5.69 Å². The van der Waals surface area contributed by atoms with Gasteiger partial charge < -0.3 is 19.2 Å². The number of fused-ring (bicyclic) bond motifs is 1. The number of esters is 1. The largest absolute Gasteiger partial charge is 0.497 e. The lowest BCUT2D eigenvalue weighted by atomic mass is 10.2. The van der Waals surface area contributed by atoms with Crippen LogP contribution in [0.2, 0.25) is 0 Å². The number of ether oxygens (including phenoxy) is 2. The molecule has 24 heavy (non-hydrogen) atoms. The minimum absolute atomic E-state index is 0.190. The van der Waals surface area contributed by atoms with Crippen molar-refractivity contribution in [3.63, 3.8) is 0 Å². The van der Waals surface area contributed by atoms with E-state index < -0.39 is 5.97 Å². The van der Waals surface area contributed by atoms with Gasteiger partial charge in [0.1, 0.15) is 11.3 Å². The van der Waals surface area contributed by atoms with Gasteiger partial charge in [0.15, 0.2) is 5.76 Å². The highest BCUT2D eigenvalue weighted by atomic mass is 16.5. The molecule has 1 heterocycles. The number of anilines is 1. The maximum atomic E-state index is 12.3. The molecular formula is C18H15NO5. The predicted molar refractivity (Wildman–Crippen MR) is 88.5 cm³/mol. The van der Waals surface area contributed by atoms with Gasteiger partial charge in [-0.15, -0.1) is 0 Å². The number of methoxy groups -OCH3 is 2. The summed E-state index contributed by atoms with van der Waals surface area (Å²) in [4.78, 5) is 23.7. The zero-order valence-electron chi connectivity index (χ0n) is 13.2. The minimum atomic E-state index is -0.431. The molecule has 6 nitrogen and oxygen atoms in total. The predicted octanol–water partition coefficient (Wildman–Crippen LogP) is 3.48. The molecule has 0 aliphatic heterocycles. The van der Waals surface area contributed by atoms with Crippen LogP contribution in [-0.2, 0) is 4.74 Å². The van der Waals surface area contributed by atoms with E-state index in [0.29, 0.717) is 22.6 Å². The maximum absolute atomic E-state index is 12.3. The Morgan fingerprint density at radius 2 is 1.75 bits per heavy atom. The summed E-state index contributed by atoms with van der Waals surface area (Å²) in [6.45, 7) is 0. The molecule has 1 N–H and O–H groups in total. The molecule has 0 radical (unpaired) electrons. The molecular weight excluding hydrogens is 310 g/mol. The first-order chi connectivity index (χ1) is 11.6. The Balaban J connectivity index is 1.78. The fourth-order valence-corrected chi connectivity index (χ4v) is 2.26. The molecule has 0 aliphatic rings. The van der Waals surface area contributed by atoms with E-state index in [4.69, 9.17) is 9.15 Å². The minimum Gasteiger partial charge on any atom is -0.497 e. The maximum Gasteiger partial charge on any atom is 0.337 e. The molecule has 0 spiro atoms. The highest BCUT2D eigenvalue weighted by molar-refractivity contribution is 6.04. The van der Waals surface area contributed by atoms with Crippen LogP contribution < -0.4 is 10.1 Å². The number of carbonyl (C=O) groups excluding carboxylic acids is 2. The standard InChI is InChI=1S/C18H15NO5/c1-22-14-7-8-15-12(9-14)10-16(24-15)17(20)19-13-5-3-11(4-6-13)18(21)23-2/h3-10H,1-2H3,(H,19,20). The molecule has 0 aliphatic carbocycles. The molecule has 0 saturated heterocycles. The topological polar surface area (TPSA) is 77.8 Å². The van der Waals surface area contributed by atoms with E-state index in [1.165, 1.54) is 7.11 Å². The zero-order valence-corrected chi connectivity index (χ0v) is 13.2. The van der Waals surface area contributed by atoms with Crippen molar-refractivity contribution >= 4 is 28.5 Å². The Morgan fingerprint density at radius 3 is 2.42 bits per heavy atom. The molecule has 0 bridgehead atoms. The molecule has 0 unspecified atom stereocenters. The third-order valence-electron chi connectivity index (χ3n) is 3.51. The molecule has 2 aromatic carbocycles. The highest BCUT2D eigenvalue weighted by Gasteiger charge is 2.13. The quantitative estimate of drug-likeness (QED) is 0.743. The van der Waals surface area contributed by atoms with Gasteiger partial charge in [-0.1, -0.05) is 0 Å². The van der Waals surface area contributed by atoms with E-state index >= 15 is 0 Å². The zero-order chi connectivity index (χ0) is 17.1. The van der Waals surface area contributed by atoms with Crippen molar-refractivity contribution in [2.24, 2.45) is 0 Å². The van der Waals surface area contributed by atoms with Crippen molar-refractivity contribution in [2.75, 3.05) is 19.5 Å². The van der Waals surface area contributed by atoms with Crippen molar-refractivity contribution in [3.8, 4) is 5.75 Å². The number of amides is 1. The monoisotopic (exact) mass is 325 g/mol. The van der Waals surface area contributed by atoms with E-state index in [-0.39, 0.29) is 11.7 Å². The molecule has 3 aromatic rings. The highest BCUT2D eigenvalue weighted by Crippen LogP contribution is 2.24. The Hall–Kier alpha value is -3.28. The van der Waals surface area contributed by atoms with Gasteiger partial charge in [0.25, 0.3) is 5.91 Å². The Labute approximate surface area is 138 Å². The summed E-state index contributed by atoms with van der Waals surface area (Å²) in [5, 5.41) is 3.49. The van der Waals surface area contributed by atoms with Crippen molar-refractivity contribution in [2.45, 2.75) is 0 Å². The van der Waals surface area contributed by atoms with Gasteiger partial charge in [-0.05, 0) is 48.5 Å². The van der Waals surface area contributed by atoms with Gasteiger partial charge in [0, 0.05) is 11.1 Å². The number of carbonyl (C=O) groups is 2. The Bertz CT molecular complexity index is 895. The van der Waals surface area contributed by atoms with Gasteiger partial charge in [0.2, 0.25) is 0 Å². The summed E-state index contributed by atoms with van der Waals surface area (Å²) in [6, 6.07) is 13.3. The van der Waals surface area contributed by atoms with Crippen LogP contribution >= 0.6 is 0 Å². The first-order valence-corrected chi connectivity index (χ1v) is 7.18. The molecule has 3 rings (SSSR count). The first kappa shape index (κ1) is 15.6. The smallest absolute Gasteiger partial charge is 0.337 e. The lowest BCUT2D eigenvalue weighted by Gasteiger charge is -2.04. The summed E-state index contributed by atoms with van der Waals surface area (Å²) in [6.07, 6.45) is 0. The van der Waals surface area contributed by atoms with Crippen LogP contribution in [0.1, 0.15) is 20.9 Å². The molecule has 0 fully saturated rings. The van der Waals surface area contributed by atoms with E-state index in [0.717, 1.165) is 5.39 Å². The van der Waals surface area contributed by atoms with Crippen LogP contribution in [0.15, 0.2) is 52.9 Å². The lowest BCUT2D eigenvalue weighted by Crippen LogP contribution is -2.11. The average Bonchev–Trinajstić information content (AvgIpc) is 3.05. The number of benzene rings is 2. The normalized spacial score (nSPS) is 10.4. The van der Waals surface area contributed by atoms with Crippen LogP contribution in [0, 0.1) is 0 Å². The van der Waals surface area contributed by atoms with Crippen LogP contribution in [0.5, 0.6) is 5.75 Å². The Kier molecular flexibility index (Phi) is 4.20. The lowest BCUT2D eigenvalue weighted by molar-refractivity contribution is 0.0600. The summed E-state index contributed by atoms with van der Waals surface area (Å²) in [5.41, 5.74) is 1.55. The number of furan rings is 1. The van der Waals surface area contributed by atoms with Gasteiger partial charge in [0.05, 0.1) is 19.8 Å². The molecule has 1 aromatic heterocycles. The van der Waals surface area contributed by atoms with Gasteiger partial charge in [-0.2, -0.15) is 0 Å². The second kappa shape index (κ2) is 6.45. The van der Waals surface area contributed by atoms with E-state index in [1.807, 2.05) is 0 Å². The average molecular weight is 325 g/mol. The molecule has 6 heteroatoms. The number of nitrogens with one attached hydrogen (secondary N) is 1. The summed E-state index contributed by atoms with van der Waals surface area (Å²) in [5.74, 6) is 0.0686. The second-order valence-electron chi connectivity index (χ2n) is 5.04. The third kappa shape index (κ3) is 3.08. The molecule has 1 amide bonds. The van der Waals surface area contributed by atoms with Crippen LogP contribution in [0.3, 0.4) is 0 Å². The van der Waals surface area contributed by atoms with Gasteiger partial charge in [-0.25, -0.2) is 4.79 Å². The fraction of sp³-hybridized carbons (Fsp3) is 0.111. The van der Waals surface area contributed by atoms with Crippen LogP contribution in [-0.4, -0.2) is 26.1 Å². The van der Waals surface area contributed by atoms with Gasteiger partial charge >= 0.3 is 5.97 Å². The molecule has 0 atom stereocenters. The molecule has 0 saturated carbocycles. The van der Waals surface area contributed by atoms with Crippen LogP contribution in [0.25, 0.3) is 11.0 Å². The van der Waals surface area contributed by atoms with E-state index in [2.05, 4.69) is 10.1 Å². The van der Waals surface area contributed by atoms with Crippen molar-refractivity contribution in [1.29, 1.82) is 0 Å². The van der Waals surface area contributed by atoms with E-state index in [9.17, 15) is 9.59 Å². The third-order valence-corrected chi connectivity index (χ3v) is 3.51. The SMILES string of the molecule is COC(=O)c1ccc(NC(=O)c2cc3cc(OC)ccc3o2)cc1. The second-order valence-corrected chi connectivity index (χ2v) is 5.04. The first-order valence-electron chi connectivity index (χ1n) is 7.18. The fourth-order valence-electron chi connectivity index (χ4n) is 2.26. The van der Waals surface area contributed by atoms with Crippen molar-refractivity contribution in [1.82, 2.24) is 0 Å². The summed E-state index contributed by atoms with van der Waals surface area (Å²) in [7, 11) is 2.89. The number of rotatable bonds is 4. The van der Waals surface area contributed by atoms with Crippen molar-refractivity contribution in [3.05, 3.63) is 59.9 Å². The number of hydrogen-bond acceptors (Lipinski definition) is 5.